The molecule has 0 unspecified atom stereocenters. The number of nitrogens with one attached hydrogen (secondary N) is 1. The molecule has 1 saturated heterocycles. The Morgan fingerprint density at radius 1 is 1.18 bits per heavy atom. The van der Waals surface area contributed by atoms with Gasteiger partial charge in [-0.05, 0) is 57.9 Å². The summed E-state index contributed by atoms with van der Waals surface area (Å²) in [5, 5.41) is 11.5. The normalized spacial score (nSPS) is 14.2. The summed E-state index contributed by atoms with van der Waals surface area (Å²) in [6, 6.07) is 8.75. The molecule has 18 heteroatoms. The van der Waals surface area contributed by atoms with Crippen LogP contribution in [0.5, 0.6) is 0 Å². The maximum atomic E-state index is 14.0. The molecule has 1 aromatic carbocycles. The molecular weight excluding hydrogens is 777 g/mol. The van der Waals surface area contributed by atoms with Crippen molar-refractivity contribution in [2.45, 2.75) is 57.6 Å². The van der Waals surface area contributed by atoms with E-state index in [-0.39, 0.29) is 53.5 Å². The van der Waals surface area contributed by atoms with E-state index in [1.807, 2.05) is 0 Å². The molecule has 5 heterocycles. The molecule has 0 atom stereocenters. The van der Waals surface area contributed by atoms with E-state index in [0.29, 0.717) is 50.6 Å². The number of likely N-dealkylation sites (tertiary alicyclic amines) is 1. The van der Waals surface area contributed by atoms with Crippen LogP contribution in [-0.2, 0) is 16.6 Å². The van der Waals surface area contributed by atoms with Crippen LogP contribution in [-0.4, -0.2) is 82.9 Å². The van der Waals surface area contributed by atoms with Crippen LogP contribution in [0.2, 0.25) is 5.02 Å². The zero-order valence-corrected chi connectivity index (χ0v) is 32.4. The Bertz CT molecular complexity index is 2600. The van der Waals surface area contributed by atoms with Crippen LogP contribution in [0.4, 0.5) is 19.0 Å². The standard InChI is InChI=1S/C37H34ClF3N8O4S2/c1-21(2)55(52,53)46-35(50)29-19-54-33-26(9-12-43-32(29)33)27-16-24(38)8-7-23(27)6-5-13-49-22(3)45-30-18-44-34(28(17-42)31(30)36(49)51)47(4)25-10-14-48(15-11-25)20-37(39,40)41/h7-9,12,16,18-19,21,25H,10-11,13-15,20H2,1-4H3,(H,46,50). The first-order valence-electron chi connectivity index (χ1n) is 17.0. The Kier molecular flexibility index (Phi) is 11.2. The highest BCUT2D eigenvalue weighted by molar-refractivity contribution is 7.90. The number of fused-ring (bicyclic) bond motifs is 2. The van der Waals surface area contributed by atoms with E-state index >= 15 is 0 Å². The van der Waals surface area contributed by atoms with Crippen LogP contribution >= 0.6 is 22.9 Å². The van der Waals surface area contributed by atoms with Gasteiger partial charge >= 0.3 is 6.18 Å². The maximum Gasteiger partial charge on any atom is 0.401 e. The van der Waals surface area contributed by atoms with E-state index in [1.165, 1.54) is 47.0 Å². The van der Waals surface area contributed by atoms with Gasteiger partial charge in [0.1, 0.15) is 23.3 Å². The van der Waals surface area contributed by atoms with Crippen molar-refractivity contribution in [3.8, 4) is 29.0 Å². The second kappa shape index (κ2) is 15.6. The highest BCUT2D eigenvalue weighted by atomic mass is 35.5. The molecular formula is C37H34ClF3N8O4S2. The van der Waals surface area contributed by atoms with Gasteiger partial charge in [0.05, 0.1) is 51.2 Å². The number of halogens is 4. The minimum atomic E-state index is -4.29. The first-order valence-corrected chi connectivity index (χ1v) is 19.8. The monoisotopic (exact) mass is 810 g/mol. The molecule has 1 N–H and O–H groups in total. The first-order chi connectivity index (χ1) is 26.0. The number of hydrogen-bond acceptors (Lipinski definition) is 11. The third kappa shape index (κ3) is 8.30. The van der Waals surface area contributed by atoms with Crippen LogP contribution in [0.1, 0.15) is 54.0 Å². The predicted octanol–water partition coefficient (Wildman–Crippen LogP) is 5.88. The smallest absolute Gasteiger partial charge is 0.355 e. The van der Waals surface area contributed by atoms with Gasteiger partial charge in [0, 0.05) is 59.5 Å². The Hall–Kier alpha value is -5.07. The lowest BCUT2D eigenvalue weighted by Crippen LogP contribution is -2.46. The van der Waals surface area contributed by atoms with Gasteiger partial charge in [-0.3, -0.25) is 24.0 Å². The summed E-state index contributed by atoms with van der Waals surface area (Å²) in [5.74, 6) is 5.95. The Balaban J connectivity index is 1.31. The number of pyridine rings is 2. The summed E-state index contributed by atoms with van der Waals surface area (Å²) in [5.41, 5.74) is 1.98. The molecule has 4 aromatic heterocycles. The number of hydrogen-bond donors (Lipinski definition) is 1. The number of aromatic nitrogens is 4. The average molecular weight is 811 g/mol. The second-order valence-electron chi connectivity index (χ2n) is 13.3. The number of thiophene rings is 1. The second-order valence-corrected chi connectivity index (χ2v) is 16.9. The summed E-state index contributed by atoms with van der Waals surface area (Å²) in [6.07, 6.45) is -0.518. The van der Waals surface area contributed by atoms with Gasteiger partial charge < -0.3 is 4.90 Å². The Morgan fingerprint density at radius 3 is 2.58 bits per heavy atom. The molecule has 1 aliphatic rings. The quantitative estimate of drug-likeness (QED) is 0.188. The van der Waals surface area contributed by atoms with E-state index in [0.717, 1.165) is 0 Å². The number of amides is 1. The number of carbonyl (C=O) groups is 1. The van der Waals surface area contributed by atoms with Gasteiger partial charge in [0.2, 0.25) is 10.0 Å². The third-order valence-corrected chi connectivity index (χ3v) is 12.4. The maximum absolute atomic E-state index is 14.0. The molecule has 0 spiro atoms. The number of benzene rings is 1. The largest absolute Gasteiger partial charge is 0.401 e. The zero-order chi connectivity index (χ0) is 39.8. The molecule has 1 fully saturated rings. The number of anilines is 1. The predicted molar refractivity (Wildman–Crippen MR) is 206 cm³/mol. The van der Waals surface area contributed by atoms with Gasteiger partial charge in [0.15, 0.2) is 0 Å². The Labute approximate surface area is 323 Å². The molecule has 1 amide bonds. The van der Waals surface area contributed by atoms with Crippen LogP contribution < -0.4 is 15.2 Å². The third-order valence-electron chi connectivity index (χ3n) is 9.41. The average Bonchev–Trinajstić information content (AvgIpc) is 3.57. The van der Waals surface area contributed by atoms with Crippen LogP contribution in [0, 0.1) is 30.1 Å². The summed E-state index contributed by atoms with van der Waals surface area (Å²) in [4.78, 5) is 43.5. The Morgan fingerprint density at radius 2 is 1.91 bits per heavy atom. The number of alkyl halides is 3. The minimum absolute atomic E-state index is 0.0180. The molecule has 6 rings (SSSR count). The lowest BCUT2D eigenvalue weighted by Gasteiger charge is -2.37. The van der Waals surface area contributed by atoms with E-state index in [4.69, 9.17) is 11.6 Å². The number of aryl methyl sites for hydroxylation is 1. The van der Waals surface area contributed by atoms with Gasteiger partial charge in [-0.1, -0.05) is 23.4 Å². The minimum Gasteiger partial charge on any atom is -0.355 e. The van der Waals surface area contributed by atoms with Crippen molar-refractivity contribution < 1.29 is 26.4 Å². The van der Waals surface area contributed by atoms with Crippen LogP contribution in [0.15, 0.2) is 46.8 Å². The molecule has 1 aliphatic heterocycles. The first kappa shape index (κ1) is 39.6. The molecule has 55 heavy (non-hydrogen) atoms. The number of piperidine rings is 1. The number of rotatable bonds is 8. The van der Waals surface area contributed by atoms with Crippen molar-refractivity contribution in [1.29, 1.82) is 5.26 Å². The van der Waals surface area contributed by atoms with E-state index in [2.05, 4.69) is 37.6 Å². The molecule has 5 aromatic rings. The summed E-state index contributed by atoms with van der Waals surface area (Å²) in [7, 11) is -2.16. The lowest BCUT2D eigenvalue weighted by atomic mass is 10.00. The van der Waals surface area contributed by atoms with Crippen LogP contribution in [0.25, 0.3) is 32.2 Å². The van der Waals surface area contributed by atoms with Crippen molar-refractivity contribution in [3.63, 3.8) is 0 Å². The van der Waals surface area contributed by atoms with E-state index in [1.54, 1.807) is 48.5 Å². The summed E-state index contributed by atoms with van der Waals surface area (Å²) < 4.78 is 67.6. The molecule has 286 valence electrons. The molecule has 0 saturated carbocycles. The van der Waals surface area contributed by atoms with E-state index in [9.17, 15) is 36.4 Å². The molecule has 0 radical (unpaired) electrons. The number of nitriles is 1. The fourth-order valence-corrected chi connectivity index (χ4v) is 8.24. The van der Waals surface area contributed by atoms with Crippen molar-refractivity contribution in [1.82, 2.24) is 29.1 Å². The highest BCUT2D eigenvalue weighted by Crippen LogP contribution is 2.37. The fraction of sp³-hybridized carbons (Fsp3) is 0.351. The number of sulfonamides is 1. The zero-order valence-electron chi connectivity index (χ0n) is 30.0. The van der Waals surface area contributed by atoms with Crippen LogP contribution in [0.3, 0.4) is 0 Å². The van der Waals surface area contributed by atoms with Gasteiger partial charge in [-0.15, -0.1) is 11.3 Å². The summed E-state index contributed by atoms with van der Waals surface area (Å²) in [6.45, 7) is 3.96. The van der Waals surface area contributed by atoms with Gasteiger partial charge in [-0.2, -0.15) is 18.4 Å². The number of carbonyl (C=O) groups excluding carboxylic acids is 1. The lowest BCUT2D eigenvalue weighted by molar-refractivity contribution is -0.147. The van der Waals surface area contributed by atoms with E-state index < -0.39 is 39.5 Å². The highest BCUT2D eigenvalue weighted by Gasteiger charge is 2.34. The van der Waals surface area contributed by atoms with Crippen molar-refractivity contribution in [3.05, 3.63) is 79.9 Å². The van der Waals surface area contributed by atoms with Gasteiger partial charge in [0.25, 0.3) is 11.5 Å². The van der Waals surface area contributed by atoms with Crippen molar-refractivity contribution in [2.24, 2.45) is 0 Å². The molecule has 0 bridgehead atoms. The number of nitrogens with zero attached hydrogens (tertiary/aromatic N) is 7. The van der Waals surface area contributed by atoms with Crippen molar-refractivity contribution >= 4 is 65.8 Å². The molecule has 0 aliphatic carbocycles. The molecule has 12 nitrogen and oxygen atoms in total. The summed E-state index contributed by atoms with van der Waals surface area (Å²) >= 11 is 7.64. The fourth-order valence-electron chi connectivity index (χ4n) is 6.43. The topological polar surface area (TPSA) is 154 Å². The van der Waals surface area contributed by atoms with Crippen molar-refractivity contribution in [2.75, 3.05) is 31.6 Å². The van der Waals surface area contributed by atoms with Gasteiger partial charge in [-0.25, -0.2) is 23.1 Å². The SMILES string of the molecule is Cc1nc2cnc(N(C)C3CCN(CC(F)(F)F)CC3)c(C#N)c2c(=O)n1CC#Cc1ccc(Cl)cc1-c1ccnc2c(C(=O)NS(=O)(=O)C(C)C)csc12.